The second kappa shape index (κ2) is 17.7. The van der Waals surface area contributed by atoms with Crippen molar-refractivity contribution in [1.82, 2.24) is 24.8 Å². The van der Waals surface area contributed by atoms with Crippen LogP contribution in [-0.4, -0.2) is 86.7 Å². The molecule has 3 aliphatic rings. The summed E-state index contributed by atoms with van der Waals surface area (Å²) in [4.78, 5) is 22.4. The van der Waals surface area contributed by atoms with E-state index in [2.05, 4.69) is 55.7 Å². The van der Waals surface area contributed by atoms with Crippen molar-refractivity contribution < 1.29 is 31.8 Å². The summed E-state index contributed by atoms with van der Waals surface area (Å²) in [6.07, 6.45) is 5.34. The molecule has 0 radical (unpaired) electrons. The van der Waals surface area contributed by atoms with Gasteiger partial charge in [-0.05, 0) is 84.7 Å². The molecule has 2 saturated heterocycles. The van der Waals surface area contributed by atoms with Gasteiger partial charge in [-0.15, -0.1) is 0 Å². The van der Waals surface area contributed by atoms with Gasteiger partial charge in [-0.2, -0.15) is 5.10 Å². The molecule has 4 heterocycles. The highest BCUT2D eigenvalue weighted by molar-refractivity contribution is 7.90. The number of aromatic nitrogens is 3. The van der Waals surface area contributed by atoms with Crippen molar-refractivity contribution in [2.24, 2.45) is 11.3 Å². The minimum Gasteiger partial charge on any atom is -0.476 e. The van der Waals surface area contributed by atoms with E-state index in [4.69, 9.17) is 37.4 Å². The van der Waals surface area contributed by atoms with Gasteiger partial charge in [0.1, 0.15) is 21.4 Å². The number of sulfonamides is 1. The third-order valence-electron chi connectivity index (χ3n) is 11.5. The number of aromatic amines is 1. The van der Waals surface area contributed by atoms with Gasteiger partial charge in [-0.1, -0.05) is 60.8 Å². The monoisotopic (exact) mass is 876 g/mol. The number of allylic oxidation sites excluding steroid dienone is 1. The fourth-order valence-corrected chi connectivity index (χ4v) is 9.43. The number of fused-ring (bicyclic) bond motifs is 1. The Kier molecular flexibility index (Phi) is 12.4. The summed E-state index contributed by atoms with van der Waals surface area (Å²) in [7, 11) is -4.45. The van der Waals surface area contributed by atoms with Crippen molar-refractivity contribution in [3.8, 4) is 17.4 Å². The Bertz CT molecular complexity index is 2510. The summed E-state index contributed by atoms with van der Waals surface area (Å²) in [5, 5.41) is 8.41. The van der Waals surface area contributed by atoms with Crippen LogP contribution in [0.4, 0.5) is 10.1 Å². The average Bonchev–Trinajstić information content (AvgIpc) is 3.72. The molecule has 1 aliphatic carbocycles. The fraction of sp³-hybridized carbons (Fsp3) is 0.386. The number of hydrogen-bond donors (Lipinski definition) is 2. The van der Waals surface area contributed by atoms with Gasteiger partial charge in [-0.25, -0.2) is 22.5 Å². The second-order valence-corrected chi connectivity index (χ2v) is 19.0. The number of piperazine rings is 1. The number of amides is 1. The maximum absolute atomic E-state index is 13.9. The number of nitrogens with one attached hydrogen (secondary N) is 2. The molecular formula is C44H47Cl2FN6O6S. The van der Waals surface area contributed by atoms with Crippen LogP contribution in [0.2, 0.25) is 10.0 Å². The molecule has 0 saturated carbocycles. The maximum Gasteiger partial charge on any atom is 0.268 e. The lowest BCUT2D eigenvalue weighted by molar-refractivity contribution is -0.0918. The molecule has 1 amide bonds. The number of hydrogen-bond acceptors (Lipinski definition) is 10. The van der Waals surface area contributed by atoms with Crippen LogP contribution in [-0.2, 0) is 14.8 Å². The zero-order valence-corrected chi connectivity index (χ0v) is 35.8. The number of anilines is 1. The third-order valence-corrected chi connectivity index (χ3v) is 13.3. The van der Waals surface area contributed by atoms with Crippen LogP contribution in [0.15, 0.2) is 89.6 Å². The largest absolute Gasteiger partial charge is 0.476 e. The Hall–Kier alpha value is -4.73. The van der Waals surface area contributed by atoms with E-state index in [1.54, 1.807) is 36.5 Å². The topological polar surface area (TPSA) is 139 Å². The van der Waals surface area contributed by atoms with Crippen LogP contribution in [0.25, 0.3) is 16.5 Å². The number of ether oxygens (including phenoxy) is 3. The highest BCUT2D eigenvalue weighted by atomic mass is 35.5. The van der Waals surface area contributed by atoms with Gasteiger partial charge in [-0.3, -0.25) is 14.8 Å². The number of H-pyrrole nitrogens is 1. The van der Waals surface area contributed by atoms with Gasteiger partial charge in [0.05, 0.1) is 42.1 Å². The van der Waals surface area contributed by atoms with Crippen LogP contribution in [0, 0.1) is 11.3 Å². The Morgan fingerprint density at radius 1 is 1.03 bits per heavy atom. The Balaban J connectivity index is 0.989. The van der Waals surface area contributed by atoms with E-state index in [9.17, 15) is 17.6 Å². The molecule has 316 valence electrons. The summed E-state index contributed by atoms with van der Waals surface area (Å²) in [5.41, 5.74) is 5.93. The molecule has 2 atom stereocenters. The molecule has 16 heteroatoms. The van der Waals surface area contributed by atoms with Crippen molar-refractivity contribution in [1.29, 1.82) is 0 Å². The van der Waals surface area contributed by atoms with E-state index < -0.39 is 22.3 Å². The van der Waals surface area contributed by atoms with Crippen LogP contribution in [0.1, 0.15) is 61.9 Å². The molecule has 0 spiro atoms. The van der Waals surface area contributed by atoms with E-state index in [0.29, 0.717) is 17.6 Å². The summed E-state index contributed by atoms with van der Waals surface area (Å²) in [6.45, 7) is 9.14. The van der Waals surface area contributed by atoms with Crippen molar-refractivity contribution in [2.45, 2.75) is 57.2 Å². The zero-order valence-electron chi connectivity index (χ0n) is 33.4. The van der Waals surface area contributed by atoms with Crippen LogP contribution < -0.4 is 19.1 Å². The van der Waals surface area contributed by atoms with Crippen molar-refractivity contribution in [2.75, 3.05) is 50.8 Å². The molecule has 2 N–H and O–H groups in total. The van der Waals surface area contributed by atoms with E-state index in [1.807, 2.05) is 18.2 Å². The molecule has 3 aromatic carbocycles. The standard InChI is InChI=1S/C44H47Cl2FN6O6S/c1-44(2)14-12-30(35(23-44)29-6-8-31(45)9-7-29)26-52-15-17-53(18-16-52)32-10-11-34(40(21-32)59-39-5-3-4-38-36(39)25-49-50-38)42(54)51-60(55,56)33-22-37(46)43(48-24-33)58-27-28-13-19-57-41(47)20-28/h3-11,21-22,24-25,28,41H,12-20,23,26-27H2,1-2H3,(H,49,50)(H,51,54). The number of nitrogens with zero attached hydrogens (tertiary/aromatic N) is 4. The van der Waals surface area contributed by atoms with E-state index >= 15 is 0 Å². The van der Waals surface area contributed by atoms with Gasteiger partial charge in [0, 0.05) is 61.8 Å². The second-order valence-electron chi connectivity index (χ2n) is 16.4. The number of carbonyl (C=O) groups is 1. The van der Waals surface area contributed by atoms with Gasteiger partial charge in [0.25, 0.3) is 15.9 Å². The van der Waals surface area contributed by atoms with Crippen molar-refractivity contribution in [3.63, 3.8) is 0 Å². The molecule has 0 bridgehead atoms. The number of benzene rings is 3. The molecule has 60 heavy (non-hydrogen) atoms. The molecule has 2 aliphatic heterocycles. The smallest absolute Gasteiger partial charge is 0.268 e. The predicted molar refractivity (Wildman–Crippen MR) is 230 cm³/mol. The van der Waals surface area contributed by atoms with E-state index in [-0.39, 0.29) is 58.1 Å². The number of alkyl halides is 1. The van der Waals surface area contributed by atoms with Gasteiger partial charge >= 0.3 is 0 Å². The van der Waals surface area contributed by atoms with Crippen LogP contribution in [0.5, 0.6) is 17.4 Å². The summed E-state index contributed by atoms with van der Waals surface area (Å²) in [5.74, 6) is -0.397. The lowest BCUT2D eigenvalue weighted by atomic mass is 9.72. The Labute approximate surface area is 359 Å². The first-order valence-electron chi connectivity index (χ1n) is 20.1. The molecule has 2 fully saturated rings. The first-order valence-corrected chi connectivity index (χ1v) is 22.3. The maximum atomic E-state index is 13.9. The minimum atomic E-state index is -4.45. The van der Waals surface area contributed by atoms with Crippen molar-refractivity contribution in [3.05, 3.63) is 106 Å². The molecule has 2 unspecified atom stereocenters. The lowest BCUT2D eigenvalue weighted by Gasteiger charge is -2.39. The number of carbonyl (C=O) groups excluding carboxylic acids is 1. The van der Waals surface area contributed by atoms with Gasteiger partial charge < -0.3 is 19.1 Å². The molecule has 5 aromatic rings. The highest BCUT2D eigenvalue weighted by Crippen LogP contribution is 2.43. The first kappa shape index (κ1) is 42.0. The SMILES string of the molecule is CC1(C)CCC(CN2CCN(c3ccc(C(=O)NS(=O)(=O)c4cnc(OCC5CCOC(F)C5)c(Cl)c4)c(Oc4cccc5[nH]ncc45)c3)CC2)=C(c2ccc(Cl)cc2)C1. The fourth-order valence-electron chi connectivity index (χ4n) is 8.08. The summed E-state index contributed by atoms with van der Waals surface area (Å²) < 4.78 is 60.0. The van der Waals surface area contributed by atoms with E-state index in [1.165, 1.54) is 16.7 Å². The summed E-state index contributed by atoms with van der Waals surface area (Å²) >= 11 is 12.6. The normalized spacial score (nSPS) is 20.0. The first-order chi connectivity index (χ1) is 28.8. The van der Waals surface area contributed by atoms with Gasteiger partial charge in [0.15, 0.2) is 6.36 Å². The van der Waals surface area contributed by atoms with Crippen LogP contribution >= 0.6 is 23.2 Å². The molecule has 2 aromatic heterocycles. The third kappa shape index (κ3) is 9.74. The number of pyridine rings is 1. The molecule has 8 rings (SSSR count). The quantitative estimate of drug-likeness (QED) is 0.125. The summed E-state index contributed by atoms with van der Waals surface area (Å²) in [6, 6.07) is 19.9. The molecular weight excluding hydrogens is 830 g/mol. The zero-order chi connectivity index (χ0) is 42.0. The molecule has 12 nitrogen and oxygen atoms in total. The number of rotatable bonds is 12. The average molecular weight is 878 g/mol. The Morgan fingerprint density at radius 3 is 2.60 bits per heavy atom. The van der Waals surface area contributed by atoms with E-state index in [0.717, 1.165) is 80.5 Å². The van der Waals surface area contributed by atoms with Crippen molar-refractivity contribution >= 4 is 61.3 Å². The lowest BCUT2D eigenvalue weighted by Crippen LogP contribution is -2.47. The predicted octanol–water partition coefficient (Wildman–Crippen LogP) is 9.06. The van der Waals surface area contributed by atoms with Crippen LogP contribution in [0.3, 0.4) is 0 Å². The number of halogens is 3. The van der Waals surface area contributed by atoms with Gasteiger partial charge in [0.2, 0.25) is 5.88 Å². The highest BCUT2D eigenvalue weighted by Gasteiger charge is 2.30. The minimum absolute atomic E-state index is 0.00202. The Morgan fingerprint density at radius 2 is 1.83 bits per heavy atom.